The maximum Gasteiger partial charge on any atom is 0.249 e. The number of pyridine rings is 1. The number of fused-ring (bicyclic) bond motifs is 1. The Balaban J connectivity index is 1.40. The predicted octanol–water partition coefficient (Wildman–Crippen LogP) is 5.94. The average Bonchev–Trinajstić information content (AvgIpc) is 3.52. The van der Waals surface area contributed by atoms with Crippen LogP contribution in [0.5, 0.6) is 0 Å². The molecule has 1 aliphatic heterocycles. The number of aromatic nitrogens is 4. The fraction of sp³-hybridized carbons (Fsp3) is 0.333. The first-order chi connectivity index (χ1) is 16.2. The highest BCUT2D eigenvalue weighted by atomic mass is 35.5. The van der Waals surface area contributed by atoms with E-state index in [-0.39, 0.29) is 0 Å². The predicted molar refractivity (Wildman–Crippen MR) is 132 cm³/mol. The summed E-state index contributed by atoms with van der Waals surface area (Å²) in [5.41, 5.74) is 2.51. The van der Waals surface area contributed by atoms with Crippen LogP contribution >= 0.6 is 23.2 Å². The van der Waals surface area contributed by atoms with Crippen molar-refractivity contribution < 1.29 is 4.42 Å². The van der Waals surface area contributed by atoms with Crippen LogP contribution in [0.1, 0.15) is 25.7 Å². The molecule has 7 nitrogen and oxygen atoms in total. The van der Waals surface area contributed by atoms with Gasteiger partial charge in [-0.3, -0.25) is 4.98 Å². The van der Waals surface area contributed by atoms with Crippen molar-refractivity contribution in [3.05, 3.63) is 52.8 Å². The number of nitrogens with zero attached hydrogens (tertiary/aromatic N) is 5. The van der Waals surface area contributed by atoms with Crippen molar-refractivity contribution in [1.82, 2.24) is 24.8 Å². The maximum atomic E-state index is 6.22. The van der Waals surface area contributed by atoms with Crippen LogP contribution < -0.4 is 5.32 Å². The van der Waals surface area contributed by atoms with Crippen molar-refractivity contribution in [2.24, 2.45) is 0 Å². The lowest BCUT2D eigenvalue weighted by atomic mass is 10.2. The highest BCUT2D eigenvalue weighted by Gasteiger charge is 2.18. The maximum absolute atomic E-state index is 6.22. The molecule has 1 saturated heterocycles. The van der Waals surface area contributed by atoms with E-state index in [0.717, 1.165) is 25.9 Å². The lowest BCUT2D eigenvalue weighted by molar-refractivity contribution is 0.331. The molecule has 9 heteroatoms. The van der Waals surface area contributed by atoms with E-state index in [9.17, 15) is 0 Å². The van der Waals surface area contributed by atoms with Crippen LogP contribution in [-0.4, -0.2) is 51.0 Å². The van der Waals surface area contributed by atoms with Crippen molar-refractivity contribution in [2.75, 3.05) is 31.5 Å². The number of unbranched alkanes of at least 4 members (excludes halogenated alkanes) is 1. The molecule has 0 saturated carbocycles. The number of likely N-dealkylation sites (tertiary alicyclic amines) is 1. The van der Waals surface area contributed by atoms with E-state index >= 15 is 0 Å². The molecule has 0 bridgehead atoms. The summed E-state index contributed by atoms with van der Waals surface area (Å²) in [4.78, 5) is 20.8. The van der Waals surface area contributed by atoms with Crippen LogP contribution in [0, 0.1) is 0 Å². The minimum Gasteiger partial charge on any atom is -0.433 e. The van der Waals surface area contributed by atoms with Crippen LogP contribution in [0.3, 0.4) is 0 Å². The molecule has 4 heterocycles. The Morgan fingerprint density at radius 2 is 1.76 bits per heavy atom. The van der Waals surface area contributed by atoms with Gasteiger partial charge in [0.2, 0.25) is 5.89 Å². The molecule has 0 spiro atoms. The van der Waals surface area contributed by atoms with E-state index in [4.69, 9.17) is 37.6 Å². The van der Waals surface area contributed by atoms with E-state index in [2.05, 4.69) is 20.2 Å². The fourth-order valence-corrected chi connectivity index (χ4v) is 4.32. The van der Waals surface area contributed by atoms with Crippen molar-refractivity contribution in [3.63, 3.8) is 0 Å². The first kappa shape index (κ1) is 22.1. The molecule has 5 rings (SSSR count). The molecule has 1 aromatic carbocycles. The van der Waals surface area contributed by atoms with E-state index in [0.29, 0.717) is 49.9 Å². The number of rotatable bonds is 8. The molecule has 1 fully saturated rings. The van der Waals surface area contributed by atoms with Gasteiger partial charge >= 0.3 is 0 Å². The summed E-state index contributed by atoms with van der Waals surface area (Å²) in [5, 5.41) is 4.29. The summed E-state index contributed by atoms with van der Waals surface area (Å²) in [5.74, 6) is 1.55. The highest BCUT2D eigenvalue weighted by Crippen LogP contribution is 2.32. The zero-order chi connectivity index (χ0) is 22.6. The van der Waals surface area contributed by atoms with Gasteiger partial charge in [0.15, 0.2) is 17.3 Å². The monoisotopic (exact) mass is 482 g/mol. The van der Waals surface area contributed by atoms with E-state index in [1.165, 1.54) is 25.9 Å². The van der Waals surface area contributed by atoms with Crippen molar-refractivity contribution in [2.45, 2.75) is 25.7 Å². The molecule has 4 aromatic rings. The molecular formula is C24H24Cl2N6O. The second-order valence-electron chi connectivity index (χ2n) is 8.10. The zero-order valence-electron chi connectivity index (χ0n) is 18.1. The number of nitrogens with one attached hydrogen (secondary N) is 1. The summed E-state index contributed by atoms with van der Waals surface area (Å²) in [6.07, 6.45) is 8.16. The molecule has 0 aliphatic carbocycles. The first-order valence-corrected chi connectivity index (χ1v) is 11.9. The Labute approximate surface area is 202 Å². The minimum atomic E-state index is 0.371. The minimum absolute atomic E-state index is 0.371. The average molecular weight is 483 g/mol. The lowest BCUT2D eigenvalue weighted by Gasteiger charge is -2.14. The van der Waals surface area contributed by atoms with Gasteiger partial charge in [0.05, 0.1) is 27.3 Å². The number of hydrogen-bond donors (Lipinski definition) is 1. The SMILES string of the molecule is Clc1cc2nc(NCCCCN3CCCC3)c(-c3ncc(-c4ccccn4)o3)nc2cc1Cl. The van der Waals surface area contributed by atoms with Crippen molar-refractivity contribution >= 4 is 40.1 Å². The van der Waals surface area contributed by atoms with Gasteiger partial charge in [-0.1, -0.05) is 29.3 Å². The summed E-state index contributed by atoms with van der Waals surface area (Å²) >= 11 is 12.4. The molecule has 3 aromatic heterocycles. The second kappa shape index (κ2) is 10.0. The fourth-order valence-electron chi connectivity index (χ4n) is 4.01. The smallest absolute Gasteiger partial charge is 0.249 e. The largest absolute Gasteiger partial charge is 0.433 e. The number of halogens is 2. The number of benzene rings is 1. The third-order valence-electron chi connectivity index (χ3n) is 5.72. The molecule has 170 valence electrons. The van der Waals surface area contributed by atoms with Crippen molar-refractivity contribution in [3.8, 4) is 23.0 Å². The van der Waals surface area contributed by atoms with Gasteiger partial charge in [-0.05, 0) is 69.6 Å². The molecule has 0 amide bonds. The quantitative estimate of drug-likeness (QED) is 0.311. The van der Waals surface area contributed by atoms with Gasteiger partial charge in [0, 0.05) is 12.7 Å². The molecule has 1 aliphatic rings. The molecule has 0 atom stereocenters. The van der Waals surface area contributed by atoms with E-state index in [1.54, 1.807) is 24.5 Å². The molecule has 0 unspecified atom stereocenters. The van der Waals surface area contributed by atoms with Gasteiger partial charge in [0.25, 0.3) is 0 Å². The molecule has 1 N–H and O–H groups in total. The normalized spacial score (nSPS) is 14.2. The van der Waals surface area contributed by atoms with Gasteiger partial charge < -0.3 is 14.6 Å². The van der Waals surface area contributed by atoms with Gasteiger partial charge in [-0.25, -0.2) is 15.0 Å². The zero-order valence-corrected chi connectivity index (χ0v) is 19.6. The summed E-state index contributed by atoms with van der Waals surface area (Å²) in [6, 6.07) is 9.07. The third kappa shape index (κ3) is 5.11. The first-order valence-electron chi connectivity index (χ1n) is 11.2. The van der Waals surface area contributed by atoms with Gasteiger partial charge in [0.1, 0.15) is 5.69 Å². The van der Waals surface area contributed by atoms with Crippen molar-refractivity contribution in [1.29, 1.82) is 0 Å². The Kier molecular flexibility index (Phi) is 6.71. The summed E-state index contributed by atoms with van der Waals surface area (Å²) < 4.78 is 6.01. The Morgan fingerprint density at radius 1 is 0.970 bits per heavy atom. The number of hydrogen-bond acceptors (Lipinski definition) is 7. The Bertz CT molecular complexity index is 1240. The van der Waals surface area contributed by atoms with Gasteiger partial charge in [-0.2, -0.15) is 0 Å². The number of anilines is 1. The van der Waals surface area contributed by atoms with Crippen LogP contribution in [0.4, 0.5) is 5.82 Å². The summed E-state index contributed by atoms with van der Waals surface area (Å²) in [7, 11) is 0. The Morgan fingerprint density at radius 3 is 2.52 bits per heavy atom. The number of oxazole rings is 1. The lowest BCUT2D eigenvalue weighted by Crippen LogP contribution is -2.21. The third-order valence-corrected chi connectivity index (χ3v) is 6.45. The second-order valence-corrected chi connectivity index (χ2v) is 8.92. The topological polar surface area (TPSA) is 80.0 Å². The Hall–Kier alpha value is -2.74. The van der Waals surface area contributed by atoms with Gasteiger partial charge in [-0.15, -0.1) is 0 Å². The molecule has 0 radical (unpaired) electrons. The van der Waals surface area contributed by atoms with Crippen LogP contribution in [0.15, 0.2) is 47.1 Å². The van der Waals surface area contributed by atoms with E-state index in [1.807, 2.05) is 18.2 Å². The highest BCUT2D eigenvalue weighted by molar-refractivity contribution is 6.42. The van der Waals surface area contributed by atoms with E-state index < -0.39 is 0 Å². The van der Waals surface area contributed by atoms with Crippen LogP contribution in [-0.2, 0) is 0 Å². The molecule has 33 heavy (non-hydrogen) atoms. The summed E-state index contributed by atoms with van der Waals surface area (Å²) in [6.45, 7) is 4.36. The molecular weight excluding hydrogens is 459 g/mol. The standard InChI is InChI=1S/C24H24Cl2N6O/c25-16-13-19-20(14-17(16)26)31-23(28-9-3-4-10-32-11-5-6-12-32)22(30-19)24-29-15-21(33-24)18-7-1-2-8-27-18/h1-2,7-8,13-15H,3-6,9-12H2,(H,28,31). The van der Waals surface area contributed by atoms with Crippen LogP contribution in [0.25, 0.3) is 34.1 Å². The van der Waals surface area contributed by atoms with Crippen LogP contribution in [0.2, 0.25) is 10.0 Å².